The van der Waals surface area contributed by atoms with E-state index in [0.717, 1.165) is 23.5 Å². The summed E-state index contributed by atoms with van der Waals surface area (Å²) in [5.74, 6) is 0.612. The highest BCUT2D eigenvalue weighted by atomic mass is 32.2. The number of amides is 1. The molecular weight excluding hydrogens is 398 g/mol. The number of carbonyl (C=O) groups is 1. The second-order valence-electron chi connectivity index (χ2n) is 6.45. The van der Waals surface area contributed by atoms with Gasteiger partial charge in [-0.2, -0.15) is 0 Å². The summed E-state index contributed by atoms with van der Waals surface area (Å²) in [6.45, 7) is 1.73. The van der Waals surface area contributed by atoms with Crippen LogP contribution in [-0.4, -0.2) is 31.3 Å². The van der Waals surface area contributed by atoms with Crippen molar-refractivity contribution in [3.8, 4) is 10.7 Å². The molecule has 1 fully saturated rings. The van der Waals surface area contributed by atoms with Gasteiger partial charge in [0.05, 0.1) is 15.6 Å². The molecule has 1 aromatic carbocycles. The summed E-state index contributed by atoms with van der Waals surface area (Å²) >= 11 is 2.90. The van der Waals surface area contributed by atoms with Crippen molar-refractivity contribution in [1.82, 2.24) is 14.8 Å². The molecule has 28 heavy (non-hydrogen) atoms. The van der Waals surface area contributed by atoms with Gasteiger partial charge in [0.25, 0.3) is 5.69 Å². The van der Waals surface area contributed by atoms with E-state index >= 15 is 0 Å². The van der Waals surface area contributed by atoms with Crippen LogP contribution >= 0.6 is 23.1 Å². The minimum Gasteiger partial charge on any atom is -0.319 e. The molecule has 10 heteroatoms. The largest absolute Gasteiger partial charge is 0.319 e. The zero-order valence-electron chi connectivity index (χ0n) is 15.0. The van der Waals surface area contributed by atoms with E-state index in [4.69, 9.17) is 0 Å². The highest BCUT2D eigenvalue weighted by Gasteiger charge is 2.30. The molecule has 4 rings (SSSR count). The number of rotatable bonds is 7. The molecule has 3 aromatic rings. The zero-order valence-corrected chi connectivity index (χ0v) is 16.6. The fourth-order valence-electron chi connectivity index (χ4n) is 2.88. The minimum absolute atomic E-state index is 0.0980. The molecule has 0 spiro atoms. The van der Waals surface area contributed by atoms with Gasteiger partial charge in [-0.05, 0) is 36.8 Å². The number of para-hydroxylation sites is 1. The smallest absolute Gasteiger partial charge is 0.293 e. The SMILES string of the molecule is Cc1cccc([N+](=O)[O-])c1NC(=O)CSc1nnc(-c2cccs2)n1C1CC1. The van der Waals surface area contributed by atoms with E-state index < -0.39 is 4.92 Å². The highest BCUT2D eigenvalue weighted by Crippen LogP contribution is 2.41. The number of hydrogen-bond acceptors (Lipinski definition) is 7. The van der Waals surface area contributed by atoms with Crippen molar-refractivity contribution in [3.05, 3.63) is 51.4 Å². The maximum absolute atomic E-state index is 12.4. The zero-order chi connectivity index (χ0) is 19.7. The predicted octanol–water partition coefficient (Wildman–Crippen LogP) is 4.29. The summed E-state index contributed by atoms with van der Waals surface area (Å²) in [7, 11) is 0. The van der Waals surface area contributed by atoms with Gasteiger partial charge in [-0.3, -0.25) is 19.5 Å². The summed E-state index contributed by atoms with van der Waals surface area (Å²) in [4.78, 5) is 24.2. The highest BCUT2D eigenvalue weighted by molar-refractivity contribution is 7.99. The maximum Gasteiger partial charge on any atom is 0.293 e. The summed E-state index contributed by atoms with van der Waals surface area (Å²) < 4.78 is 2.10. The molecule has 1 aliphatic rings. The maximum atomic E-state index is 12.4. The van der Waals surface area contributed by atoms with Crippen molar-refractivity contribution < 1.29 is 9.72 Å². The summed E-state index contributed by atoms with van der Waals surface area (Å²) in [6, 6.07) is 9.06. The van der Waals surface area contributed by atoms with Crippen molar-refractivity contribution in [2.75, 3.05) is 11.1 Å². The molecule has 8 nitrogen and oxygen atoms in total. The summed E-state index contributed by atoms with van der Waals surface area (Å²) in [5, 5.41) is 25.2. The van der Waals surface area contributed by atoms with E-state index in [1.54, 1.807) is 30.4 Å². The second-order valence-corrected chi connectivity index (χ2v) is 8.34. The lowest BCUT2D eigenvalue weighted by atomic mass is 10.1. The molecule has 1 N–H and O–H groups in total. The molecule has 0 radical (unpaired) electrons. The summed E-state index contributed by atoms with van der Waals surface area (Å²) in [6.07, 6.45) is 2.15. The minimum atomic E-state index is -0.493. The van der Waals surface area contributed by atoms with Gasteiger partial charge in [0.1, 0.15) is 5.69 Å². The van der Waals surface area contributed by atoms with Gasteiger partial charge in [0, 0.05) is 12.1 Å². The van der Waals surface area contributed by atoms with E-state index in [2.05, 4.69) is 20.1 Å². The number of carbonyl (C=O) groups excluding carboxylic acids is 1. The Morgan fingerprint density at radius 2 is 2.18 bits per heavy atom. The second kappa shape index (κ2) is 7.72. The monoisotopic (exact) mass is 415 g/mol. The number of anilines is 1. The van der Waals surface area contributed by atoms with E-state index in [1.165, 1.54) is 17.8 Å². The van der Waals surface area contributed by atoms with Crippen molar-refractivity contribution in [2.45, 2.75) is 31.0 Å². The first-order chi connectivity index (χ1) is 13.5. The first-order valence-corrected chi connectivity index (χ1v) is 10.6. The number of nitro benzene ring substituents is 1. The molecule has 1 saturated carbocycles. The number of nitro groups is 1. The van der Waals surface area contributed by atoms with Crippen LogP contribution in [0.2, 0.25) is 0 Å². The van der Waals surface area contributed by atoms with Crippen molar-refractivity contribution >= 4 is 40.4 Å². The number of aryl methyl sites for hydroxylation is 1. The fraction of sp³-hybridized carbons (Fsp3) is 0.278. The van der Waals surface area contributed by atoms with Crippen molar-refractivity contribution in [1.29, 1.82) is 0 Å². The van der Waals surface area contributed by atoms with Crippen LogP contribution in [0.1, 0.15) is 24.4 Å². The van der Waals surface area contributed by atoms with Gasteiger partial charge in [-0.15, -0.1) is 21.5 Å². The third-order valence-corrected chi connectivity index (χ3v) is 6.17. The molecule has 2 aromatic heterocycles. The number of hydrogen-bond donors (Lipinski definition) is 1. The molecular formula is C18H17N5O3S2. The molecule has 144 valence electrons. The molecule has 0 aliphatic heterocycles. The predicted molar refractivity (Wildman–Crippen MR) is 109 cm³/mol. The number of nitrogens with zero attached hydrogens (tertiary/aromatic N) is 4. The lowest BCUT2D eigenvalue weighted by Gasteiger charge is -2.10. The third-order valence-electron chi connectivity index (χ3n) is 4.36. The topological polar surface area (TPSA) is 103 Å². The van der Waals surface area contributed by atoms with Crippen LogP contribution in [0, 0.1) is 17.0 Å². The Hall–Kier alpha value is -2.72. The Bertz CT molecular complexity index is 1030. The Morgan fingerprint density at radius 1 is 1.36 bits per heavy atom. The molecule has 0 atom stereocenters. The average Bonchev–Trinajstić information content (AvgIpc) is 3.18. The van der Waals surface area contributed by atoms with Crippen LogP contribution < -0.4 is 5.32 Å². The van der Waals surface area contributed by atoms with Gasteiger partial charge in [0.15, 0.2) is 11.0 Å². The third kappa shape index (κ3) is 3.78. The molecule has 0 saturated heterocycles. The van der Waals surface area contributed by atoms with E-state index in [-0.39, 0.29) is 23.0 Å². The van der Waals surface area contributed by atoms with E-state index in [1.807, 2.05) is 17.5 Å². The van der Waals surface area contributed by atoms with Gasteiger partial charge >= 0.3 is 0 Å². The molecule has 1 amide bonds. The Balaban J connectivity index is 1.49. The normalized spacial score (nSPS) is 13.5. The van der Waals surface area contributed by atoms with Crippen LogP contribution in [0.4, 0.5) is 11.4 Å². The van der Waals surface area contributed by atoms with Gasteiger partial charge < -0.3 is 5.32 Å². The van der Waals surface area contributed by atoms with E-state index in [0.29, 0.717) is 16.8 Å². The number of benzene rings is 1. The number of thiophene rings is 1. The number of aromatic nitrogens is 3. The molecule has 1 aliphatic carbocycles. The Labute approximate surface area is 169 Å². The standard InChI is InChI=1S/C18H17N5O3S2/c1-11-4-2-5-13(23(25)26)16(11)19-15(24)10-28-18-21-20-17(14-6-3-9-27-14)22(18)12-7-8-12/h2-6,9,12H,7-8,10H2,1H3,(H,19,24). The quantitative estimate of drug-likeness (QED) is 0.351. The van der Waals surface area contributed by atoms with Crippen molar-refractivity contribution in [3.63, 3.8) is 0 Å². The van der Waals surface area contributed by atoms with Gasteiger partial charge in [-0.1, -0.05) is 30.0 Å². The lowest BCUT2D eigenvalue weighted by molar-refractivity contribution is -0.384. The lowest BCUT2D eigenvalue weighted by Crippen LogP contribution is -2.16. The Kier molecular flexibility index (Phi) is 5.14. The van der Waals surface area contributed by atoms with Crippen LogP contribution in [0.15, 0.2) is 40.9 Å². The van der Waals surface area contributed by atoms with Gasteiger partial charge in [-0.25, -0.2) is 0 Å². The van der Waals surface area contributed by atoms with E-state index in [9.17, 15) is 14.9 Å². The van der Waals surface area contributed by atoms with Gasteiger partial charge in [0.2, 0.25) is 5.91 Å². The first-order valence-electron chi connectivity index (χ1n) is 8.70. The fourth-order valence-corrected chi connectivity index (χ4v) is 4.39. The molecule has 2 heterocycles. The molecule has 0 bridgehead atoms. The van der Waals surface area contributed by atoms with Crippen molar-refractivity contribution in [2.24, 2.45) is 0 Å². The van der Waals surface area contributed by atoms with Crippen LogP contribution in [0.25, 0.3) is 10.7 Å². The number of nitrogens with one attached hydrogen (secondary N) is 1. The number of thioether (sulfide) groups is 1. The first kappa shape index (κ1) is 18.6. The average molecular weight is 416 g/mol. The molecule has 0 unspecified atom stereocenters. The van der Waals surface area contributed by atoms with Crippen LogP contribution in [-0.2, 0) is 4.79 Å². The van der Waals surface area contributed by atoms with Crippen LogP contribution in [0.5, 0.6) is 0 Å². The summed E-state index contributed by atoms with van der Waals surface area (Å²) in [5.41, 5.74) is 0.772. The Morgan fingerprint density at radius 3 is 2.86 bits per heavy atom. The van der Waals surface area contributed by atoms with Crippen LogP contribution in [0.3, 0.4) is 0 Å².